The van der Waals surface area contributed by atoms with Crippen LogP contribution < -0.4 is 34.4 Å². The zero-order valence-corrected chi connectivity index (χ0v) is 23.2. The maximum atomic E-state index is 13.2. The molecule has 3 saturated heterocycles. The van der Waals surface area contributed by atoms with Crippen LogP contribution in [0.25, 0.3) is 0 Å². The van der Waals surface area contributed by atoms with E-state index in [2.05, 4.69) is 0 Å². The molecule has 0 aromatic carbocycles. The number of alkyl halides is 1. The summed E-state index contributed by atoms with van der Waals surface area (Å²) in [7, 11) is 0. The molecule has 0 radical (unpaired) electrons. The van der Waals surface area contributed by atoms with Gasteiger partial charge in [0, 0.05) is 18.6 Å². The molecule has 0 aromatic heterocycles. The van der Waals surface area contributed by atoms with Crippen molar-refractivity contribution in [3.05, 3.63) is 0 Å². The van der Waals surface area contributed by atoms with Gasteiger partial charge in [0.1, 0.15) is 55.5 Å². The number of ether oxygens (including phenoxy) is 6. The van der Waals surface area contributed by atoms with Gasteiger partial charge in [-0.15, -0.1) is 0 Å². The summed E-state index contributed by atoms with van der Waals surface area (Å²) in [6, 6.07) is -4.31. The Morgan fingerprint density at radius 2 is 1.36 bits per heavy atom. The van der Waals surface area contributed by atoms with E-state index in [9.17, 15) is 29.9 Å². The fraction of sp³-hybridized carbons (Fsp3) is 1.00. The number of halogens is 1. The molecule has 18 atom stereocenters. The largest absolute Gasteiger partial charge is 0.394 e. The van der Waals surface area contributed by atoms with Gasteiger partial charge in [0.2, 0.25) is 0 Å². The Kier molecular flexibility index (Phi) is 11.8. The monoisotopic (exact) mass is 614 g/mol. The summed E-state index contributed by atoms with van der Waals surface area (Å²) in [5, 5.41) is 52.5. The Bertz CT molecular complexity index is 859. The summed E-state index contributed by atoms with van der Waals surface area (Å²) in [6.07, 6.45) is -15.0. The summed E-state index contributed by atoms with van der Waals surface area (Å²) >= 11 is 0. The second-order valence-electron chi connectivity index (χ2n) is 11.5. The molecule has 0 amide bonds. The molecular formula is C24H47FN6O11. The molecule has 0 unspecified atom stereocenters. The summed E-state index contributed by atoms with van der Waals surface area (Å²) in [5.74, 6) is 0. The molecule has 1 aliphatic carbocycles. The van der Waals surface area contributed by atoms with E-state index in [1.54, 1.807) is 0 Å². The summed E-state index contributed by atoms with van der Waals surface area (Å²) in [4.78, 5) is 0. The molecule has 1 saturated carbocycles. The number of hydrogen-bond acceptors (Lipinski definition) is 17. The lowest BCUT2D eigenvalue weighted by molar-refractivity contribution is -0.290. The lowest BCUT2D eigenvalue weighted by Crippen LogP contribution is -2.65. The Hall–Kier alpha value is -0.750. The van der Waals surface area contributed by atoms with Crippen molar-refractivity contribution in [2.24, 2.45) is 34.4 Å². The van der Waals surface area contributed by atoms with Crippen LogP contribution in [0.1, 0.15) is 19.3 Å². The van der Waals surface area contributed by atoms with Crippen molar-refractivity contribution in [3.63, 3.8) is 0 Å². The third-order valence-electron chi connectivity index (χ3n) is 8.49. The number of rotatable bonds is 10. The Labute approximate surface area is 242 Å². The highest BCUT2D eigenvalue weighted by atomic mass is 19.1. The quantitative estimate of drug-likeness (QED) is 0.109. The molecular weight excluding hydrogens is 567 g/mol. The van der Waals surface area contributed by atoms with Crippen molar-refractivity contribution >= 4 is 0 Å². The van der Waals surface area contributed by atoms with E-state index in [1.165, 1.54) is 0 Å². The number of aliphatic hydroxyl groups excluding tert-OH is 5. The maximum Gasteiger partial charge on any atom is 0.187 e. The van der Waals surface area contributed by atoms with E-state index in [4.69, 9.17) is 62.8 Å². The van der Waals surface area contributed by atoms with Crippen LogP contribution in [-0.2, 0) is 28.4 Å². The topological polar surface area (TPSA) is 313 Å². The highest BCUT2D eigenvalue weighted by Gasteiger charge is 2.53. The van der Waals surface area contributed by atoms with Gasteiger partial charge in [-0.05, 0) is 19.3 Å². The van der Waals surface area contributed by atoms with Crippen molar-refractivity contribution in [2.45, 2.75) is 129 Å². The smallest absolute Gasteiger partial charge is 0.187 e. The summed E-state index contributed by atoms with van der Waals surface area (Å²) in [6.45, 7) is -1.58. The molecule has 4 aliphatic rings. The standard InChI is InChI=1S/C24H47FN6O11/c25-4-10(30)11-2-1-7(27)22(37-11)40-19-9(29)3-8(28)15(33)21(19)42-24-18(36)20(13(6-32)39-24)41-23-14(31)17(35)16(34)12(5-26)38-23/h7-24,32-36H,1-6,26-31H2/t7-,8-,9+,10+,11+,12+,13-,14-,15+,16-,17-,18-,19-,20-,21-,22-,23-,24+/m1/s1. The molecule has 17 nitrogen and oxygen atoms in total. The number of aliphatic hydroxyl groups is 5. The molecule has 4 fully saturated rings. The van der Waals surface area contributed by atoms with Crippen LogP contribution in [0.5, 0.6) is 0 Å². The van der Waals surface area contributed by atoms with Gasteiger partial charge in [-0.1, -0.05) is 0 Å². The molecule has 42 heavy (non-hydrogen) atoms. The van der Waals surface area contributed by atoms with E-state index in [0.29, 0.717) is 12.8 Å². The number of hydrogen-bond donors (Lipinski definition) is 11. The zero-order chi connectivity index (χ0) is 30.9. The van der Waals surface area contributed by atoms with Crippen LogP contribution in [0, 0.1) is 0 Å². The van der Waals surface area contributed by atoms with E-state index in [0.717, 1.165) is 0 Å². The Morgan fingerprint density at radius 3 is 2.00 bits per heavy atom. The fourth-order valence-electron chi connectivity index (χ4n) is 5.85. The first-order valence-electron chi connectivity index (χ1n) is 14.2. The van der Waals surface area contributed by atoms with Crippen molar-refractivity contribution in [1.82, 2.24) is 0 Å². The van der Waals surface area contributed by atoms with Gasteiger partial charge >= 0.3 is 0 Å². The molecule has 3 heterocycles. The van der Waals surface area contributed by atoms with E-state index < -0.39 is 123 Å². The molecule has 246 valence electrons. The van der Waals surface area contributed by atoms with Gasteiger partial charge in [-0.3, -0.25) is 0 Å². The predicted octanol–water partition coefficient (Wildman–Crippen LogP) is -6.50. The van der Waals surface area contributed by atoms with Crippen molar-refractivity contribution in [3.8, 4) is 0 Å². The molecule has 0 bridgehead atoms. The van der Waals surface area contributed by atoms with E-state index in [-0.39, 0.29) is 13.0 Å². The second-order valence-corrected chi connectivity index (χ2v) is 11.5. The average molecular weight is 615 g/mol. The van der Waals surface area contributed by atoms with Crippen molar-refractivity contribution in [1.29, 1.82) is 0 Å². The SMILES string of the molecule is NC[C@@H]1O[C@H](O[C@H]2[C@@H](O)[C@H](O[C@@H]3[C@@H](O)[C@H](N)C[C@H](N)[C@H]3O[C@H]3O[C@H]([C@@H](N)CF)CC[C@H]3N)O[C@@H]2CO)[C@H](N)[C@@H](O)[C@@H]1O. The summed E-state index contributed by atoms with van der Waals surface area (Å²) < 4.78 is 48.3. The summed E-state index contributed by atoms with van der Waals surface area (Å²) in [5.41, 5.74) is 36.1. The molecule has 17 N–H and O–H groups in total. The Morgan fingerprint density at radius 1 is 0.714 bits per heavy atom. The highest BCUT2D eigenvalue weighted by Crippen LogP contribution is 2.34. The molecule has 18 heteroatoms. The van der Waals surface area contributed by atoms with Crippen LogP contribution in [-0.4, -0.2) is 155 Å². The minimum absolute atomic E-state index is 0.146. The Balaban J connectivity index is 1.48. The molecule has 0 aromatic rings. The normalized spacial score (nSPS) is 51.0. The van der Waals surface area contributed by atoms with Gasteiger partial charge in [0.25, 0.3) is 0 Å². The average Bonchev–Trinajstić information content (AvgIpc) is 3.27. The third kappa shape index (κ3) is 7.05. The van der Waals surface area contributed by atoms with Gasteiger partial charge in [-0.2, -0.15) is 0 Å². The second kappa shape index (κ2) is 14.6. The van der Waals surface area contributed by atoms with Gasteiger partial charge in [0.15, 0.2) is 18.9 Å². The minimum Gasteiger partial charge on any atom is -0.394 e. The molecule has 0 spiro atoms. The van der Waals surface area contributed by atoms with Crippen LogP contribution >= 0.6 is 0 Å². The number of nitrogens with two attached hydrogens (primary N) is 6. The molecule has 4 rings (SSSR count). The first kappa shape index (κ1) is 34.1. The van der Waals surface area contributed by atoms with E-state index >= 15 is 0 Å². The lowest BCUT2D eigenvalue weighted by atomic mass is 9.84. The maximum absolute atomic E-state index is 13.2. The zero-order valence-electron chi connectivity index (χ0n) is 23.2. The van der Waals surface area contributed by atoms with Crippen molar-refractivity contribution < 1.29 is 58.3 Å². The minimum atomic E-state index is -1.57. The fourth-order valence-corrected chi connectivity index (χ4v) is 5.85. The van der Waals surface area contributed by atoms with E-state index in [1.807, 2.05) is 0 Å². The van der Waals surface area contributed by atoms with Crippen LogP contribution in [0.15, 0.2) is 0 Å². The van der Waals surface area contributed by atoms with Gasteiger partial charge in [-0.25, -0.2) is 4.39 Å². The third-order valence-corrected chi connectivity index (χ3v) is 8.49. The van der Waals surface area contributed by atoms with Crippen LogP contribution in [0.4, 0.5) is 4.39 Å². The molecule has 3 aliphatic heterocycles. The van der Waals surface area contributed by atoms with Gasteiger partial charge < -0.3 is 88.4 Å². The predicted molar refractivity (Wildman–Crippen MR) is 140 cm³/mol. The van der Waals surface area contributed by atoms with Crippen LogP contribution in [0.3, 0.4) is 0 Å². The van der Waals surface area contributed by atoms with Crippen LogP contribution in [0.2, 0.25) is 0 Å². The first-order valence-corrected chi connectivity index (χ1v) is 14.2. The first-order chi connectivity index (χ1) is 19.9. The van der Waals surface area contributed by atoms with Gasteiger partial charge in [0.05, 0.1) is 36.9 Å². The highest BCUT2D eigenvalue weighted by molar-refractivity contribution is 5.01. The lowest BCUT2D eigenvalue weighted by Gasteiger charge is -2.46. The van der Waals surface area contributed by atoms with Crippen molar-refractivity contribution in [2.75, 3.05) is 19.8 Å².